The van der Waals surface area contributed by atoms with Crippen LogP contribution in [0.15, 0.2) is 23.8 Å². The molecule has 0 fully saturated rings. The lowest BCUT2D eigenvalue weighted by Crippen LogP contribution is -2.28. The van der Waals surface area contributed by atoms with Crippen molar-refractivity contribution in [3.05, 3.63) is 34.9 Å². The van der Waals surface area contributed by atoms with Crippen molar-refractivity contribution in [1.29, 1.82) is 0 Å². The molecule has 1 N–H and O–H groups in total. The van der Waals surface area contributed by atoms with E-state index in [9.17, 15) is 9.90 Å². The second-order valence-electron chi connectivity index (χ2n) is 8.96. The SMILES string of the molecule is C/C=C(/C)C(=O)C1c2cc3c(c(OC)c2-c2c(cc(OC)c(OC)c2O)CC(C)C1C)OCO3. The number of Topliss-reactive ketones (excluding diaryl/α,β-unsaturated/α-hetero) is 1. The first-order chi connectivity index (χ1) is 16.3. The molecule has 3 atom stereocenters. The number of phenols is 1. The van der Waals surface area contributed by atoms with Crippen LogP contribution in [0.1, 0.15) is 44.7 Å². The van der Waals surface area contributed by atoms with E-state index < -0.39 is 5.92 Å². The van der Waals surface area contributed by atoms with Crippen LogP contribution in [0.5, 0.6) is 34.5 Å². The second kappa shape index (κ2) is 9.12. The van der Waals surface area contributed by atoms with E-state index in [1.165, 1.54) is 7.11 Å². The largest absolute Gasteiger partial charge is 0.504 e. The summed E-state index contributed by atoms with van der Waals surface area (Å²) in [5.41, 5.74) is 3.46. The van der Waals surface area contributed by atoms with E-state index in [0.717, 1.165) is 11.1 Å². The lowest BCUT2D eigenvalue weighted by atomic mass is 9.69. The highest BCUT2D eigenvalue weighted by atomic mass is 16.7. The normalized spacial score (nSPS) is 21.1. The number of aromatic hydroxyl groups is 1. The molecule has 2 aromatic carbocycles. The maximum Gasteiger partial charge on any atom is 0.231 e. The first-order valence-corrected chi connectivity index (χ1v) is 11.4. The predicted molar refractivity (Wildman–Crippen MR) is 129 cm³/mol. The number of allylic oxidation sites excluding steroid dienone is 2. The summed E-state index contributed by atoms with van der Waals surface area (Å²) in [6.45, 7) is 7.98. The molecule has 1 heterocycles. The van der Waals surface area contributed by atoms with Gasteiger partial charge in [-0.05, 0) is 60.9 Å². The number of benzene rings is 2. The Balaban J connectivity index is 2.17. The maximum absolute atomic E-state index is 13.7. The van der Waals surface area contributed by atoms with Gasteiger partial charge in [0.1, 0.15) is 0 Å². The van der Waals surface area contributed by atoms with Gasteiger partial charge in [-0.2, -0.15) is 0 Å². The van der Waals surface area contributed by atoms with E-state index in [-0.39, 0.29) is 35.9 Å². The molecule has 7 nitrogen and oxygen atoms in total. The summed E-state index contributed by atoms with van der Waals surface area (Å²) in [5, 5.41) is 11.5. The molecule has 7 heteroatoms. The van der Waals surface area contributed by atoms with E-state index >= 15 is 0 Å². The average Bonchev–Trinajstić information content (AvgIpc) is 3.30. The average molecular weight is 469 g/mol. The molecular formula is C27H32O7. The third kappa shape index (κ3) is 3.54. The first-order valence-electron chi connectivity index (χ1n) is 11.4. The topological polar surface area (TPSA) is 83.5 Å². The van der Waals surface area contributed by atoms with Gasteiger partial charge in [0, 0.05) is 11.1 Å². The Labute approximate surface area is 200 Å². The smallest absolute Gasteiger partial charge is 0.231 e. The van der Waals surface area contributed by atoms with Crippen LogP contribution >= 0.6 is 0 Å². The third-order valence-corrected chi connectivity index (χ3v) is 7.23. The van der Waals surface area contributed by atoms with Gasteiger partial charge < -0.3 is 28.8 Å². The number of phenolic OH excluding ortho intramolecular Hbond substituents is 1. The Hall–Kier alpha value is -3.35. The highest BCUT2D eigenvalue weighted by molar-refractivity contribution is 6.02. The van der Waals surface area contributed by atoms with Crippen LogP contribution in [-0.4, -0.2) is 39.0 Å². The van der Waals surface area contributed by atoms with Gasteiger partial charge in [-0.15, -0.1) is 0 Å². The van der Waals surface area contributed by atoms with Crippen molar-refractivity contribution >= 4 is 5.78 Å². The van der Waals surface area contributed by atoms with Gasteiger partial charge in [-0.25, -0.2) is 0 Å². The Kier molecular flexibility index (Phi) is 6.39. The molecule has 2 aromatic rings. The Bertz CT molecular complexity index is 1160. The van der Waals surface area contributed by atoms with E-state index in [4.69, 9.17) is 23.7 Å². The summed E-state index contributed by atoms with van der Waals surface area (Å²) >= 11 is 0. The monoisotopic (exact) mass is 468 g/mol. The van der Waals surface area contributed by atoms with Crippen molar-refractivity contribution in [2.75, 3.05) is 28.1 Å². The zero-order chi connectivity index (χ0) is 24.7. The number of methoxy groups -OCH3 is 3. The molecule has 0 bridgehead atoms. The lowest BCUT2D eigenvalue weighted by molar-refractivity contribution is -0.118. The number of ether oxygens (including phenoxy) is 5. The molecule has 0 radical (unpaired) electrons. The number of fused-ring (bicyclic) bond motifs is 4. The minimum Gasteiger partial charge on any atom is -0.504 e. The molecule has 1 aliphatic heterocycles. The van der Waals surface area contributed by atoms with Crippen LogP contribution in [0.3, 0.4) is 0 Å². The predicted octanol–water partition coefficient (Wildman–Crippen LogP) is 5.26. The van der Waals surface area contributed by atoms with Gasteiger partial charge in [-0.1, -0.05) is 19.9 Å². The van der Waals surface area contributed by atoms with E-state index in [0.29, 0.717) is 46.1 Å². The molecule has 182 valence electrons. The van der Waals surface area contributed by atoms with Crippen molar-refractivity contribution in [2.45, 2.75) is 40.0 Å². The zero-order valence-corrected chi connectivity index (χ0v) is 20.8. The van der Waals surface area contributed by atoms with Crippen molar-refractivity contribution in [1.82, 2.24) is 0 Å². The van der Waals surface area contributed by atoms with Gasteiger partial charge in [0.25, 0.3) is 0 Å². The van der Waals surface area contributed by atoms with Crippen molar-refractivity contribution in [3.8, 4) is 45.6 Å². The third-order valence-electron chi connectivity index (χ3n) is 7.23. The molecular weight excluding hydrogens is 436 g/mol. The number of hydrogen-bond acceptors (Lipinski definition) is 7. The van der Waals surface area contributed by atoms with Crippen LogP contribution in [0, 0.1) is 11.8 Å². The highest BCUT2D eigenvalue weighted by Crippen LogP contribution is 2.58. The molecule has 0 saturated heterocycles. The van der Waals surface area contributed by atoms with Crippen molar-refractivity contribution in [2.24, 2.45) is 11.8 Å². The zero-order valence-electron chi connectivity index (χ0n) is 20.8. The molecule has 3 unspecified atom stereocenters. The molecule has 1 aliphatic carbocycles. The van der Waals surface area contributed by atoms with Crippen molar-refractivity contribution < 1.29 is 33.6 Å². The van der Waals surface area contributed by atoms with Gasteiger partial charge in [0.05, 0.1) is 27.2 Å². The van der Waals surface area contributed by atoms with Crippen LogP contribution in [-0.2, 0) is 11.2 Å². The number of carbonyl (C=O) groups excluding carboxylic acids is 1. The van der Waals surface area contributed by atoms with Gasteiger partial charge in [0.15, 0.2) is 28.8 Å². The molecule has 34 heavy (non-hydrogen) atoms. The van der Waals surface area contributed by atoms with Crippen LogP contribution in [0.2, 0.25) is 0 Å². The van der Waals surface area contributed by atoms with Crippen LogP contribution in [0.25, 0.3) is 11.1 Å². The Morgan fingerprint density at radius 2 is 1.76 bits per heavy atom. The fourth-order valence-electron chi connectivity index (χ4n) is 5.11. The minimum atomic E-state index is -0.467. The molecule has 0 amide bonds. The molecule has 0 aromatic heterocycles. The summed E-state index contributed by atoms with van der Waals surface area (Å²) in [5.74, 6) is 1.69. The number of hydrogen-bond donors (Lipinski definition) is 1. The van der Waals surface area contributed by atoms with E-state index in [1.54, 1.807) is 14.2 Å². The summed E-state index contributed by atoms with van der Waals surface area (Å²) in [6.07, 6.45) is 2.46. The van der Waals surface area contributed by atoms with Gasteiger partial charge in [-0.3, -0.25) is 4.79 Å². The molecule has 4 rings (SSSR count). The van der Waals surface area contributed by atoms with Crippen molar-refractivity contribution in [3.63, 3.8) is 0 Å². The maximum atomic E-state index is 13.7. The summed E-state index contributed by atoms with van der Waals surface area (Å²) in [4.78, 5) is 13.7. The lowest BCUT2D eigenvalue weighted by Gasteiger charge is -2.34. The standard InChI is InChI=1S/C27H32O7/c1-8-13(2)23(28)20-15(4)14(3)9-16-10-18(30-5)25(31-6)24(29)21(16)22-17(20)11-19-26(27(22)32-7)34-12-33-19/h8,10-11,14-15,20,29H,9,12H2,1-7H3/b13-8-. The quantitative estimate of drug-likeness (QED) is 0.599. The molecule has 0 spiro atoms. The number of carbonyl (C=O) groups is 1. The Morgan fingerprint density at radius 1 is 1.06 bits per heavy atom. The number of rotatable bonds is 5. The number of ketones is 1. The summed E-state index contributed by atoms with van der Waals surface area (Å²) in [6, 6.07) is 3.75. The van der Waals surface area contributed by atoms with Crippen LogP contribution < -0.4 is 23.7 Å². The van der Waals surface area contributed by atoms with E-state index in [1.807, 2.05) is 32.1 Å². The molecule has 0 saturated carbocycles. The fourth-order valence-corrected chi connectivity index (χ4v) is 5.11. The fraction of sp³-hybridized carbons (Fsp3) is 0.444. The molecule has 2 aliphatic rings. The second-order valence-corrected chi connectivity index (χ2v) is 8.96. The summed E-state index contributed by atoms with van der Waals surface area (Å²) < 4.78 is 28.4. The Morgan fingerprint density at radius 3 is 2.38 bits per heavy atom. The highest BCUT2D eigenvalue weighted by Gasteiger charge is 2.40. The summed E-state index contributed by atoms with van der Waals surface area (Å²) in [7, 11) is 4.57. The van der Waals surface area contributed by atoms with Gasteiger partial charge in [0.2, 0.25) is 18.3 Å². The van der Waals surface area contributed by atoms with Crippen LogP contribution in [0.4, 0.5) is 0 Å². The van der Waals surface area contributed by atoms with Gasteiger partial charge >= 0.3 is 0 Å². The van der Waals surface area contributed by atoms with E-state index in [2.05, 4.69) is 13.8 Å². The first kappa shape index (κ1) is 23.8. The minimum absolute atomic E-state index is 0.00498.